The normalized spacial score (nSPS) is 16.0. The topological polar surface area (TPSA) is 89.2 Å². The molecule has 1 atom stereocenters. The van der Waals surface area contributed by atoms with Crippen molar-refractivity contribution in [3.63, 3.8) is 0 Å². The molecule has 6 nitrogen and oxygen atoms in total. The van der Waals surface area contributed by atoms with Gasteiger partial charge in [0.25, 0.3) is 0 Å². The summed E-state index contributed by atoms with van der Waals surface area (Å²) in [7, 11) is 0. The molecule has 0 spiro atoms. The number of aryl methyl sites for hydroxylation is 1. The first kappa shape index (κ1) is 21.7. The van der Waals surface area contributed by atoms with Gasteiger partial charge >= 0.3 is 0 Å². The first-order chi connectivity index (χ1) is 15.6. The molecule has 0 saturated carbocycles. The predicted octanol–water partition coefficient (Wildman–Crippen LogP) is 3.97. The Morgan fingerprint density at radius 3 is 2.66 bits per heavy atom. The van der Waals surface area contributed by atoms with Gasteiger partial charge in [-0.1, -0.05) is 42.5 Å². The van der Waals surface area contributed by atoms with Crippen molar-refractivity contribution in [3.05, 3.63) is 83.8 Å². The molecule has 0 bridgehead atoms. The number of carbonyl (C=O) groups is 2. The second kappa shape index (κ2) is 10.2. The monoisotopic (exact) mass is 428 g/mol. The smallest absolute Gasteiger partial charge is 0.248 e. The molecule has 2 amide bonds. The Labute approximate surface area is 188 Å². The zero-order valence-electron chi connectivity index (χ0n) is 18.1. The average Bonchev–Trinajstić information content (AvgIpc) is 2.85. The van der Waals surface area contributed by atoms with E-state index in [2.05, 4.69) is 22.1 Å². The first-order valence-electron chi connectivity index (χ1n) is 11.1. The van der Waals surface area contributed by atoms with Gasteiger partial charge in [-0.05, 0) is 43.4 Å². The third-order valence-electron chi connectivity index (χ3n) is 6.01. The van der Waals surface area contributed by atoms with E-state index >= 15 is 0 Å². The van der Waals surface area contributed by atoms with Crippen molar-refractivity contribution in [2.24, 2.45) is 5.73 Å². The van der Waals surface area contributed by atoms with Gasteiger partial charge in [-0.25, -0.2) is 0 Å². The third kappa shape index (κ3) is 5.19. The lowest BCUT2D eigenvalue weighted by Gasteiger charge is -2.33. The van der Waals surface area contributed by atoms with Gasteiger partial charge < -0.3 is 10.6 Å². The Morgan fingerprint density at radius 1 is 1.03 bits per heavy atom. The number of primary amides is 1. The van der Waals surface area contributed by atoms with E-state index in [-0.39, 0.29) is 11.8 Å². The largest absolute Gasteiger partial charge is 0.366 e. The Balaban J connectivity index is 1.45. The summed E-state index contributed by atoms with van der Waals surface area (Å²) in [6, 6.07) is 17.4. The van der Waals surface area contributed by atoms with E-state index in [4.69, 9.17) is 5.73 Å². The van der Waals surface area contributed by atoms with Gasteiger partial charge in [0, 0.05) is 48.9 Å². The minimum atomic E-state index is -0.470. The quantitative estimate of drug-likeness (QED) is 0.617. The van der Waals surface area contributed by atoms with E-state index < -0.39 is 5.91 Å². The zero-order valence-corrected chi connectivity index (χ0v) is 18.1. The molecule has 2 N–H and O–H groups in total. The fraction of sp³-hybridized carbons (Fsp3) is 0.308. The Bertz CT molecular complexity index is 1080. The van der Waals surface area contributed by atoms with Gasteiger partial charge in [-0.15, -0.1) is 0 Å². The number of nitrogens with two attached hydrogens (primary N) is 1. The van der Waals surface area contributed by atoms with E-state index in [9.17, 15) is 9.59 Å². The minimum Gasteiger partial charge on any atom is -0.366 e. The van der Waals surface area contributed by atoms with Crippen LogP contribution in [0.15, 0.2) is 67.0 Å². The van der Waals surface area contributed by atoms with Crippen LogP contribution in [0.3, 0.4) is 0 Å². The number of piperidine rings is 1. The molecule has 2 heterocycles. The van der Waals surface area contributed by atoms with Crippen LogP contribution in [0, 0.1) is 0 Å². The molecule has 3 aromatic rings. The fourth-order valence-corrected chi connectivity index (χ4v) is 4.36. The lowest BCUT2D eigenvalue weighted by atomic mass is 9.91. The molecule has 4 rings (SSSR count). The number of hydrogen-bond donors (Lipinski definition) is 1. The Hall–Kier alpha value is -3.54. The number of aromatic nitrogens is 2. The third-order valence-corrected chi connectivity index (χ3v) is 6.01. The maximum Gasteiger partial charge on any atom is 0.248 e. The van der Waals surface area contributed by atoms with Gasteiger partial charge in [0.05, 0.1) is 11.4 Å². The van der Waals surface area contributed by atoms with Crippen molar-refractivity contribution in [2.45, 2.75) is 38.0 Å². The molecule has 1 aliphatic heterocycles. The lowest BCUT2D eigenvalue weighted by molar-refractivity contribution is -0.132. The molecule has 1 saturated heterocycles. The van der Waals surface area contributed by atoms with Crippen LogP contribution in [0.1, 0.15) is 53.2 Å². The van der Waals surface area contributed by atoms with Crippen molar-refractivity contribution in [1.29, 1.82) is 0 Å². The highest BCUT2D eigenvalue weighted by Crippen LogP contribution is 2.32. The molecule has 1 fully saturated rings. The molecule has 164 valence electrons. The molecule has 2 aromatic carbocycles. The summed E-state index contributed by atoms with van der Waals surface area (Å²) < 4.78 is 0. The number of benzene rings is 2. The molecule has 0 aliphatic carbocycles. The summed E-state index contributed by atoms with van der Waals surface area (Å²) in [5.74, 6) is -0.156. The zero-order chi connectivity index (χ0) is 22.3. The molecule has 0 radical (unpaired) electrons. The van der Waals surface area contributed by atoms with E-state index in [0.717, 1.165) is 49.2 Å². The number of nitrogens with zero attached hydrogens (tertiary/aromatic N) is 3. The lowest BCUT2D eigenvalue weighted by Crippen LogP contribution is -2.39. The van der Waals surface area contributed by atoms with Crippen LogP contribution < -0.4 is 5.73 Å². The van der Waals surface area contributed by atoms with Gasteiger partial charge in [0.15, 0.2) is 0 Å². The van der Waals surface area contributed by atoms with Gasteiger partial charge in [0.2, 0.25) is 11.8 Å². The standard InChI is InChI=1S/C26H28N4O2/c27-26(32)21-11-5-10-20(17-21)24-25(29-15-14-28-24)22-12-6-16-30(18-22)23(31)13-4-9-19-7-2-1-3-8-19/h1-3,5,7-8,10-11,14-15,17,22H,4,6,9,12-13,16,18H2,(H2,27,32). The molecule has 32 heavy (non-hydrogen) atoms. The van der Waals surface area contributed by atoms with Crippen molar-refractivity contribution in [1.82, 2.24) is 14.9 Å². The SMILES string of the molecule is NC(=O)c1cccc(-c2nccnc2C2CCCN(C(=O)CCCc3ccccc3)C2)c1. The molecular weight excluding hydrogens is 400 g/mol. The van der Waals surface area contributed by atoms with Crippen LogP contribution in [0.2, 0.25) is 0 Å². The van der Waals surface area contributed by atoms with Crippen molar-refractivity contribution in [3.8, 4) is 11.3 Å². The van der Waals surface area contributed by atoms with E-state index in [0.29, 0.717) is 18.5 Å². The fourth-order valence-electron chi connectivity index (χ4n) is 4.36. The maximum absolute atomic E-state index is 12.9. The molecular formula is C26H28N4O2. The molecule has 6 heteroatoms. The van der Waals surface area contributed by atoms with Gasteiger partial charge in [-0.2, -0.15) is 0 Å². The van der Waals surface area contributed by atoms with Crippen LogP contribution in [0.25, 0.3) is 11.3 Å². The van der Waals surface area contributed by atoms with E-state index in [1.165, 1.54) is 5.56 Å². The summed E-state index contributed by atoms with van der Waals surface area (Å²) in [6.45, 7) is 1.43. The highest BCUT2D eigenvalue weighted by Gasteiger charge is 2.27. The van der Waals surface area contributed by atoms with Crippen LogP contribution >= 0.6 is 0 Å². The van der Waals surface area contributed by atoms with Crippen LogP contribution in [-0.2, 0) is 11.2 Å². The van der Waals surface area contributed by atoms with Crippen LogP contribution in [0.5, 0.6) is 0 Å². The molecule has 1 aliphatic rings. The van der Waals surface area contributed by atoms with Crippen molar-refractivity contribution < 1.29 is 9.59 Å². The second-order valence-corrected chi connectivity index (χ2v) is 8.25. The van der Waals surface area contributed by atoms with Crippen molar-refractivity contribution >= 4 is 11.8 Å². The predicted molar refractivity (Wildman–Crippen MR) is 124 cm³/mol. The average molecular weight is 429 g/mol. The molecule has 1 unspecified atom stereocenters. The van der Waals surface area contributed by atoms with Gasteiger partial charge in [-0.3, -0.25) is 19.6 Å². The number of rotatable bonds is 7. The number of carbonyl (C=O) groups excluding carboxylic acids is 2. The Morgan fingerprint density at radius 2 is 1.84 bits per heavy atom. The summed E-state index contributed by atoms with van der Waals surface area (Å²) in [6.07, 6.45) is 7.55. The first-order valence-corrected chi connectivity index (χ1v) is 11.1. The number of likely N-dealkylation sites (tertiary alicyclic amines) is 1. The highest BCUT2D eigenvalue weighted by atomic mass is 16.2. The van der Waals surface area contributed by atoms with Crippen LogP contribution in [-0.4, -0.2) is 39.8 Å². The van der Waals surface area contributed by atoms with Crippen LogP contribution in [0.4, 0.5) is 0 Å². The minimum absolute atomic E-state index is 0.114. The highest BCUT2D eigenvalue weighted by molar-refractivity contribution is 5.94. The maximum atomic E-state index is 12.9. The Kier molecular flexibility index (Phi) is 6.90. The summed E-state index contributed by atoms with van der Waals surface area (Å²) in [5.41, 5.74) is 9.59. The number of amides is 2. The van der Waals surface area contributed by atoms with Gasteiger partial charge in [0.1, 0.15) is 0 Å². The van der Waals surface area contributed by atoms with E-state index in [1.54, 1.807) is 30.6 Å². The van der Waals surface area contributed by atoms with E-state index in [1.807, 2.05) is 29.2 Å². The number of hydrogen-bond acceptors (Lipinski definition) is 4. The van der Waals surface area contributed by atoms with Crippen molar-refractivity contribution in [2.75, 3.05) is 13.1 Å². The molecule has 1 aromatic heterocycles. The summed E-state index contributed by atoms with van der Waals surface area (Å²) >= 11 is 0. The summed E-state index contributed by atoms with van der Waals surface area (Å²) in [5, 5.41) is 0. The second-order valence-electron chi connectivity index (χ2n) is 8.25. The summed E-state index contributed by atoms with van der Waals surface area (Å²) in [4.78, 5) is 35.6.